The first kappa shape index (κ1) is 23.4. The van der Waals surface area contributed by atoms with E-state index in [0.29, 0.717) is 35.7 Å². The van der Waals surface area contributed by atoms with Gasteiger partial charge in [0.05, 0.1) is 19.7 Å². The van der Waals surface area contributed by atoms with Crippen molar-refractivity contribution in [2.75, 3.05) is 44.5 Å². The largest absolute Gasteiger partial charge is 0.493 e. The molecule has 0 saturated carbocycles. The van der Waals surface area contributed by atoms with Crippen molar-refractivity contribution in [2.45, 2.75) is 19.8 Å². The van der Waals surface area contributed by atoms with Gasteiger partial charge in [0, 0.05) is 37.2 Å². The molecular formula is C26H31N5O3. The zero-order valence-electron chi connectivity index (χ0n) is 19.9. The Hall–Kier alpha value is -3.81. The zero-order chi connectivity index (χ0) is 24.1. The Labute approximate surface area is 199 Å². The number of ether oxygens (including phenoxy) is 2. The number of benzene rings is 2. The van der Waals surface area contributed by atoms with Crippen molar-refractivity contribution in [1.29, 1.82) is 0 Å². The van der Waals surface area contributed by atoms with E-state index in [9.17, 15) is 4.79 Å². The normalized spacial score (nSPS) is 14.5. The van der Waals surface area contributed by atoms with Gasteiger partial charge in [0.25, 0.3) is 0 Å². The molecule has 0 radical (unpaired) electrons. The number of nitrogens with one attached hydrogen (secondary N) is 1. The fourth-order valence-corrected chi connectivity index (χ4v) is 4.19. The topological polar surface area (TPSA) is 103 Å². The third-order valence-electron chi connectivity index (χ3n) is 6.15. The predicted molar refractivity (Wildman–Crippen MR) is 135 cm³/mol. The Morgan fingerprint density at radius 2 is 1.88 bits per heavy atom. The Morgan fingerprint density at radius 3 is 2.59 bits per heavy atom. The van der Waals surface area contributed by atoms with Crippen LogP contribution in [0.5, 0.6) is 11.5 Å². The number of nitrogens with zero attached hydrogens (tertiary/aromatic N) is 3. The van der Waals surface area contributed by atoms with Crippen LogP contribution in [0.15, 0.2) is 42.5 Å². The number of hydrogen-bond acceptors (Lipinski definition) is 7. The van der Waals surface area contributed by atoms with Gasteiger partial charge in [0.2, 0.25) is 11.9 Å². The van der Waals surface area contributed by atoms with Crippen LogP contribution in [0.3, 0.4) is 0 Å². The van der Waals surface area contributed by atoms with E-state index >= 15 is 0 Å². The Balaban J connectivity index is 1.34. The quantitative estimate of drug-likeness (QED) is 0.519. The van der Waals surface area contributed by atoms with Gasteiger partial charge in [-0.25, -0.2) is 4.98 Å². The molecule has 2 aromatic carbocycles. The number of methoxy groups -OCH3 is 2. The average molecular weight is 462 g/mol. The highest BCUT2D eigenvalue weighted by molar-refractivity contribution is 5.92. The summed E-state index contributed by atoms with van der Waals surface area (Å²) < 4.78 is 10.8. The fourth-order valence-electron chi connectivity index (χ4n) is 4.19. The smallest absolute Gasteiger partial charge is 0.244 e. The van der Waals surface area contributed by atoms with Crippen LogP contribution < -0.4 is 25.4 Å². The van der Waals surface area contributed by atoms with Crippen LogP contribution in [0.2, 0.25) is 0 Å². The van der Waals surface area contributed by atoms with Gasteiger partial charge in [-0.1, -0.05) is 29.8 Å². The SMILES string of the molecule is COc1cc2nc(N3CCC(CNC(=O)/C=C/c4cccc(C)c4)CC3)nc(N)c2cc1OC. The number of piperidine rings is 1. The molecule has 3 aromatic rings. The van der Waals surface area contributed by atoms with Crippen molar-refractivity contribution < 1.29 is 14.3 Å². The lowest BCUT2D eigenvalue weighted by Gasteiger charge is -2.32. The lowest BCUT2D eigenvalue weighted by atomic mass is 9.97. The molecule has 1 amide bonds. The lowest BCUT2D eigenvalue weighted by molar-refractivity contribution is -0.116. The lowest BCUT2D eigenvalue weighted by Crippen LogP contribution is -2.39. The minimum Gasteiger partial charge on any atom is -0.493 e. The summed E-state index contributed by atoms with van der Waals surface area (Å²) in [6, 6.07) is 11.7. The molecule has 0 unspecified atom stereocenters. The number of amides is 1. The molecule has 0 aliphatic carbocycles. The Morgan fingerprint density at radius 1 is 1.15 bits per heavy atom. The van der Waals surface area contributed by atoms with E-state index in [1.807, 2.05) is 43.3 Å². The number of hydrogen-bond donors (Lipinski definition) is 2. The number of carbonyl (C=O) groups excluding carboxylic acids is 1. The van der Waals surface area contributed by atoms with Crippen LogP contribution >= 0.6 is 0 Å². The minimum absolute atomic E-state index is 0.0704. The molecule has 8 nitrogen and oxygen atoms in total. The van der Waals surface area contributed by atoms with Crippen LogP contribution in [0.25, 0.3) is 17.0 Å². The maximum absolute atomic E-state index is 12.2. The summed E-state index contributed by atoms with van der Waals surface area (Å²) in [5, 5.41) is 3.76. The van der Waals surface area contributed by atoms with Crippen LogP contribution in [0, 0.1) is 12.8 Å². The summed E-state index contributed by atoms with van der Waals surface area (Å²) in [6.45, 7) is 4.30. The van der Waals surface area contributed by atoms with Crippen molar-refractivity contribution in [3.05, 3.63) is 53.6 Å². The summed E-state index contributed by atoms with van der Waals surface area (Å²) in [5.74, 6) is 2.56. The molecule has 0 spiro atoms. The fraction of sp³-hybridized carbons (Fsp3) is 0.346. The minimum atomic E-state index is -0.0704. The molecule has 1 aliphatic heterocycles. The molecule has 1 fully saturated rings. The van der Waals surface area contributed by atoms with Crippen molar-refractivity contribution in [1.82, 2.24) is 15.3 Å². The van der Waals surface area contributed by atoms with Gasteiger partial charge in [-0.3, -0.25) is 4.79 Å². The van der Waals surface area contributed by atoms with Crippen molar-refractivity contribution in [2.24, 2.45) is 5.92 Å². The molecule has 4 rings (SSSR count). The van der Waals surface area contributed by atoms with Crippen molar-refractivity contribution >= 4 is 34.7 Å². The number of rotatable bonds is 7. The van der Waals surface area contributed by atoms with Gasteiger partial charge in [-0.05, 0) is 43.4 Å². The molecule has 3 N–H and O–H groups in total. The number of aryl methyl sites for hydroxylation is 1. The maximum atomic E-state index is 12.2. The van der Waals surface area contributed by atoms with Crippen LogP contribution in [0.4, 0.5) is 11.8 Å². The first-order valence-electron chi connectivity index (χ1n) is 11.4. The van der Waals surface area contributed by atoms with E-state index in [0.717, 1.165) is 42.4 Å². The first-order chi connectivity index (χ1) is 16.5. The molecule has 0 bridgehead atoms. The number of anilines is 2. The van der Waals surface area contributed by atoms with E-state index in [2.05, 4.69) is 15.2 Å². The zero-order valence-corrected chi connectivity index (χ0v) is 19.9. The monoisotopic (exact) mass is 461 g/mol. The molecule has 1 aliphatic rings. The van der Waals surface area contributed by atoms with Gasteiger partial charge in [0.15, 0.2) is 11.5 Å². The van der Waals surface area contributed by atoms with Gasteiger partial charge in [-0.2, -0.15) is 4.98 Å². The summed E-state index contributed by atoms with van der Waals surface area (Å²) in [6.07, 6.45) is 5.32. The number of aromatic nitrogens is 2. The van der Waals surface area contributed by atoms with Crippen molar-refractivity contribution in [3.63, 3.8) is 0 Å². The first-order valence-corrected chi connectivity index (χ1v) is 11.4. The molecule has 8 heteroatoms. The maximum Gasteiger partial charge on any atom is 0.244 e. The number of nitrogen functional groups attached to an aromatic ring is 1. The second-order valence-corrected chi connectivity index (χ2v) is 8.56. The summed E-state index contributed by atoms with van der Waals surface area (Å²) in [7, 11) is 3.18. The van der Waals surface area contributed by atoms with E-state index in [1.165, 1.54) is 5.56 Å². The van der Waals surface area contributed by atoms with Crippen LogP contribution in [-0.2, 0) is 4.79 Å². The summed E-state index contributed by atoms with van der Waals surface area (Å²) >= 11 is 0. The highest BCUT2D eigenvalue weighted by Crippen LogP contribution is 2.34. The molecule has 1 saturated heterocycles. The average Bonchev–Trinajstić information content (AvgIpc) is 2.85. The second-order valence-electron chi connectivity index (χ2n) is 8.56. The summed E-state index contributed by atoms with van der Waals surface area (Å²) in [5.41, 5.74) is 9.15. The van der Waals surface area contributed by atoms with Crippen LogP contribution in [-0.4, -0.2) is 49.7 Å². The van der Waals surface area contributed by atoms with Gasteiger partial charge >= 0.3 is 0 Å². The van der Waals surface area contributed by atoms with E-state index in [1.54, 1.807) is 26.4 Å². The third-order valence-corrected chi connectivity index (χ3v) is 6.15. The van der Waals surface area contributed by atoms with Gasteiger partial charge in [0.1, 0.15) is 5.82 Å². The second kappa shape index (κ2) is 10.4. The molecular weight excluding hydrogens is 430 g/mol. The number of fused-ring (bicyclic) bond motifs is 1. The third kappa shape index (κ3) is 5.39. The highest BCUT2D eigenvalue weighted by atomic mass is 16.5. The predicted octanol–water partition coefficient (Wildman–Crippen LogP) is 3.58. The number of carbonyl (C=O) groups is 1. The van der Waals surface area contributed by atoms with Crippen LogP contribution in [0.1, 0.15) is 24.0 Å². The Kier molecular flexibility index (Phi) is 7.15. The summed E-state index contributed by atoms with van der Waals surface area (Å²) in [4.78, 5) is 23.6. The van der Waals surface area contributed by atoms with E-state index < -0.39 is 0 Å². The highest BCUT2D eigenvalue weighted by Gasteiger charge is 2.22. The van der Waals surface area contributed by atoms with E-state index in [4.69, 9.17) is 20.2 Å². The molecule has 2 heterocycles. The molecule has 0 atom stereocenters. The standard InChI is InChI=1S/C26H31N5O3/c1-17-5-4-6-18(13-17)7-8-24(32)28-16-19-9-11-31(12-10-19)26-29-21-15-23(34-3)22(33-2)14-20(21)25(27)30-26/h4-8,13-15,19H,9-12,16H2,1-3H3,(H,28,32)(H2,27,29,30)/b8-7+. The van der Waals surface area contributed by atoms with E-state index in [-0.39, 0.29) is 5.91 Å². The van der Waals surface area contributed by atoms with Crippen molar-refractivity contribution in [3.8, 4) is 11.5 Å². The number of nitrogens with two attached hydrogens (primary N) is 1. The van der Waals surface area contributed by atoms with Gasteiger partial charge in [-0.15, -0.1) is 0 Å². The molecule has 178 valence electrons. The Bertz CT molecular complexity index is 1200. The van der Waals surface area contributed by atoms with Gasteiger partial charge < -0.3 is 25.4 Å². The molecule has 1 aromatic heterocycles. The molecule has 34 heavy (non-hydrogen) atoms.